The van der Waals surface area contributed by atoms with Gasteiger partial charge in [-0.2, -0.15) is 0 Å². The summed E-state index contributed by atoms with van der Waals surface area (Å²) in [6.07, 6.45) is 0. The van der Waals surface area contributed by atoms with Gasteiger partial charge in [-0.15, -0.1) is 0 Å². The molecule has 94 valence electrons. The first-order chi connectivity index (χ1) is 8.69. The van der Waals surface area contributed by atoms with Crippen LogP contribution in [0.15, 0.2) is 42.5 Å². The van der Waals surface area contributed by atoms with Crippen LogP contribution >= 0.6 is 34.5 Å². The number of nitrogens with one attached hydrogen (secondary N) is 1. The van der Waals surface area contributed by atoms with Crippen LogP contribution in [0.5, 0.6) is 5.75 Å². The maximum absolute atomic E-state index is 13.0. The SMILES string of the molecule is Fc1cccc(COc2ccc(NI)cc2Cl)c1. The smallest absolute Gasteiger partial charge is 0.138 e. The zero-order valence-electron chi connectivity index (χ0n) is 9.29. The third-order valence-electron chi connectivity index (χ3n) is 2.32. The average molecular weight is 378 g/mol. The van der Waals surface area contributed by atoms with Crippen molar-refractivity contribution in [3.8, 4) is 5.75 Å². The van der Waals surface area contributed by atoms with Crippen LogP contribution < -0.4 is 8.27 Å². The predicted octanol–water partition coefficient (Wildman–Crippen LogP) is 4.82. The van der Waals surface area contributed by atoms with Crippen molar-refractivity contribution in [2.24, 2.45) is 0 Å². The maximum Gasteiger partial charge on any atom is 0.138 e. The Morgan fingerprint density at radius 2 is 2.06 bits per heavy atom. The fraction of sp³-hybridized carbons (Fsp3) is 0.0769. The van der Waals surface area contributed by atoms with Crippen LogP contribution in [0.3, 0.4) is 0 Å². The van der Waals surface area contributed by atoms with Crippen molar-refractivity contribution < 1.29 is 9.13 Å². The molecule has 5 heteroatoms. The van der Waals surface area contributed by atoms with Gasteiger partial charge in [-0.1, -0.05) is 23.7 Å². The van der Waals surface area contributed by atoms with Gasteiger partial charge >= 0.3 is 0 Å². The second kappa shape index (κ2) is 6.24. The monoisotopic (exact) mass is 377 g/mol. The summed E-state index contributed by atoms with van der Waals surface area (Å²) in [7, 11) is 0. The highest BCUT2D eigenvalue weighted by molar-refractivity contribution is 14.1. The molecule has 2 rings (SSSR count). The Hall–Kier alpha value is -1.01. The molecule has 0 heterocycles. The van der Waals surface area contributed by atoms with Gasteiger partial charge in [0.15, 0.2) is 0 Å². The number of halogens is 3. The lowest BCUT2D eigenvalue weighted by molar-refractivity contribution is 0.306. The minimum absolute atomic E-state index is 0.272. The topological polar surface area (TPSA) is 21.3 Å². The Morgan fingerprint density at radius 1 is 1.22 bits per heavy atom. The van der Waals surface area contributed by atoms with E-state index in [4.69, 9.17) is 16.3 Å². The molecule has 0 bridgehead atoms. The molecule has 0 fully saturated rings. The molecule has 2 aromatic rings. The van der Waals surface area contributed by atoms with Crippen LogP contribution in [0.25, 0.3) is 0 Å². The van der Waals surface area contributed by atoms with E-state index in [0.29, 0.717) is 10.8 Å². The first-order valence-electron chi connectivity index (χ1n) is 5.22. The molecule has 0 unspecified atom stereocenters. The molecule has 1 N–H and O–H groups in total. The number of benzene rings is 2. The highest BCUT2D eigenvalue weighted by atomic mass is 127. The van der Waals surface area contributed by atoms with Gasteiger partial charge in [-0.25, -0.2) is 4.39 Å². The van der Waals surface area contributed by atoms with Crippen molar-refractivity contribution in [3.63, 3.8) is 0 Å². The lowest BCUT2D eigenvalue weighted by Gasteiger charge is -2.09. The Bertz CT molecular complexity index is 550. The van der Waals surface area contributed by atoms with Crippen molar-refractivity contribution >= 4 is 40.2 Å². The van der Waals surface area contributed by atoms with Crippen LogP contribution in [0.2, 0.25) is 5.02 Å². The van der Waals surface area contributed by atoms with Crippen molar-refractivity contribution in [2.45, 2.75) is 6.61 Å². The van der Waals surface area contributed by atoms with Gasteiger partial charge in [0.2, 0.25) is 0 Å². The second-order valence-corrected chi connectivity index (χ2v) is 4.60. The number of anilines is 1. The molecule has 0 saturated carbocycles. The van der Waals surface area contributed by atoms with E-state index in [2.05, 4.69) is 3.53 Å². The quantitative estimate of drug-likeness (QED) is 0.609. The standard InChI is InChI=1S/C13H10ClFINO/c14-12-7-11(17-16)4-5-13(12)18-8-9-2-1-3-10(15)6-9/h1-7,17H,8H2. The largest absolute Gasteiger partial charge is 0.487 e. The number of ether oxygens (including phenoxy) is 1. The fourth-order valence-electron chi connectivity index (χ4n) is 1.46. The number of hydrogen-bond acceptors (Lipinski definition) is 2. The molecule has 2 aromatic carbocycles. The summed E-state index contributed by atoms with van der Waals surface area (Å²) in [6, 6.07) is 11.7. The van der Waals surface area contributed by atoms with E-state index in [9.17, 15) is 4.39 Å². The molecular formula is C13H10ClFINO. The third-order valence-corrected chi connectivity index (χ3v) is 3.24. The lowest BCUT2D eigenvalue weighted by Crippen LogP contribution is -1.96. The summed E-state index contributed by atoms with van der Waals surface area (Å²) in [4.78, 5) is 0. The summed E-state index contributed by atoms with van der Waals surface area (Å²) >= 11 is 8.09. The molecule has 0 aromatic heterocycles. The van der Waals surface area contributed by atoms with Gasteiger partial charge in [0, 0.05) is 5.69 Å². The normalized spacial score (nSPS) is 10.2. The van der Waals surface area contributed by atoms with E-state index >= 15 is 0 Å². The molecule has 0 atom stereocenters. The lowest BCUT2D eigenvalue weighted by atomic mass is 10.2. The number of hydrogen-bond donors (Lipinski definition) is 1. The van der Waals surface area contributed by atoms with Gasteiger partial charge < -0.3 is 8.27 Å². The van der Waals surface area contributed by atoms with E-state index in [1.807, 2.05) is 28.9 Å². The minimum Gasteiger partial charge on any atom is -0.487 e. The highest BCUT2D eigenvalue weighted by Crippen LogP contribution is 2.28. The summed E-state index contributed by atoms with van der Waals surface area (Å²) in [6.45, 7) is 0.286. The van der Waals surface area contributed by atoms with Gasteiger partial charge in [0.05, 0.1) is 27.9 Å². The Morgan fingerprint density at radius 3 is 2.72 bits per heavy atom. The number of rotatable bonds is 4. The molecule has 0 spiro atoms. The molecule has 0 aliphatic heterocycles. The van der Waals surface area contributed by atoms with Crippen LogP contribution in [0.1, 0.15) is 5.56 Å². The Balaban J connectivity index is 2.06. The van der Waals surface area contributed by atoms with E-state index in [1.54, 1.807) is 24.3 Å². The van der Waals surface area contributed by atoms with Crippen molar-refractivity contribution in [3.05, 3.63) is 58.9 Å². The second-order valence-electron chi connectivity index (χ2n) is 3.66. The average Bonchev–Trinajstić information content (AvgIpc) is 2.37. The van der Waals surface area contributed by atoms with E-state index in [0.717, 1.165) is 11.3 Å². The molecule has 18 heavy (non-hydrogen) atoms. The molecule has 0 radical (unpaired) electrons. The Kier molecular flexibility index (Phi) is 4.66. The Labute approximate surface area is 124 Å². The molecule has 0 amide bonds. The fourth-order valence-corrected chi connectivity index (χ4v) is 2.04. The van der Waals surface area contributed by atoms with Gasteiger partial charge in [-0.3, -0.25) is 0 Å². The van der Waals surface area contributed by atoms with E-state index < -0.39 is 0 Å². The van der Waals surface area contributed by atoms with Gasteiger partial charge in [0.25, 0.3) is 0 Å². The van der Waals surface area contributed by atoms with Crippen LogP contribution in [-0.2, 0) is 6.61 Å². The van der Waals surface area contributed by atoms with Crippen LogP contribution in [0.4, 0.5) is 10.1 Å². The van der Waals surface area contributed by atoms with Crippen molar-refractivity contribution in [1.82, 2.24) is 0 Å². The van der Waals surface area contributed by atoms with Crippen LogP contribution in [-0.4, -0.2) is 0 Å². The summed E-state index contributed by atoms with van der Waals surface area (Å²) < 4.78 is 21.5. The molecule has 0 aliphatic rings. The van der Waals surface area contributed by atoms with Gasteiger partial charge in [0.1, 0.15) is 18.2 Å². The predicted molar refractivity (Wildman–Crippen MR) is 79.8 cm³/mol. The zero-order valence-corrected chi connectivity index (χ0v) is 12.2. The highest BCUT2D eigenvalue weighted by Gasteiger charge is 2.03. The summed E-state index contributed by atoms with van der Waals surface area (Å²) in [5.41, 5.74) is 1.67. The van der Waals surface area contributed by atoms with Crippen LogP contribution in [0, 0.1) is 5.82 Å². The molecular weight excluding hydrogens is 368 g/mol. The minimum atomic E-state index is -0.272. The van der Waals surface area contributed by atoms with Crippen molar-refractivity contribution in [1.29, 1.82) is 0 Å². The van der Waals surface area contributed by atoms with Gasteiger partial charge in [-0.05, 0) is 35.9 Å². The van der Waals surface area contributed by atoms with E-state index in [-0.39, 0.29) is 12.4 Å². The first kappa shape index (κ1) is 13.4. The summed E-state index contributed by atoms with van der Waals surface area (Å²) in [5.74, 6) is 0.308. The van der Waals surface area contributed by atoms with E-state index in [1.165, 1.54) is 12.1 Å². The maximum atomic E-state index is 13.0. The molecule has 0 aliphatic carbocycles. The first-order valence-corrected chi connectivity index (χ1v) is 6.68. The molecule has 2 nitrogen and oxygen atoms in total. The van der Waals surface area contributed by atoms with Crippen molar-refractivity contribution in [2.75, 3.05) is 3.53 Å². The summed E-state index contributed by atoms with van der Waals surface area (Å²) in [5, 5.41) is 0.521. The zero-order chi connectivity index (χ0) is 13.0. The molecule has 0 saturated heterocycles. The third kappa shape index (κ3) is 3.49.